The van der Waals surface area contributed by atoms with Crippen molar-refractivity contribution in [3.63, 3.8) is 0 Å². The van der Waals surface area contributed by atoms with Gasteiger partial charge in [0.15, 0.2) is 0 Å². The fraction of sp³-hybridized carbons (Fsp3) is 0.417. The third-order valence-electron chi connectivity index (χ3n) is 5.18. The molecule has 31 heavy (non-hydrogen) atoms. The number of pyridine rings is 1. The minimum absolute atomic E-state index is 0.0443. The molecule has 1 aliphatic rings. The lowest BCUT2D eigenvalue weighted by Gasteiger charge is -2.33. The third kappa shape index (κ3) is 7.61. The maximum Gasteiger partial charge on any atom is 0.228 e. The SMILES string of the molecule is C=NN(N=C)/C(=C/C=C\C)CC(=O)N1CCCC(COC/C=c2/cncc/c2=C/C)C1. The molecule has 0 N–H and O–H groups in total. The van der Waals surface area contributed by atoms with E-state index in [4.69, 9.17) is 4.74 Å². The molecule has 1 unspecified atom stereocenters. The number of nitrogens with zero attached hydrogens (tertiary/aromatic N) is 5. The highest BCUT2D eigenvalue weighted by molar-refractivity contribution is 5.78. The first-order chi connectivity index (χ1) is 15.1. The summed E-state index contributed by atoms with van der Waals surface area (Å²) in [5, 5.41) is 11.1. The zero-order valence-electron chi connectivity index (χ0n) is 18.6. The largest absolute Gasteiger partial charge is 0.377 e. The van der Waals surface area contributed by atoms with Gasteiger partial charge in [-0.15, -0.1) is 0 Å². The van der Waals surface area contributed by atoms with Crippen molar-refractivity contribution >= 4 is 31.5 Å². The average molecular weight is 424 g/mol. The van der Waals surface area contributed by atoms with Gasteiger partial charge in [-0.1, -0.05) is 18.2 Å². The lowest BCUT2D eigenvalue weighted by Crippen LogP contribution is -2.41. The molecule has 1 fully saturated rings. The Balaban J connectivity index is 1.91. The Hall–Kier alpha value is -3.06. The van der Waals surface area contributed by atoms with E-state index in [-0.39, 0.29) is 12.3 Å². The van der Waals surface area contributed by atoms with Crippen LogP contribution in [-0.4, -0.2) is 60.6 Å². The zero-order valence-corrected chi connectivity index (χ0v) is 18.6. The summed E-state index contributed by atoms with van der Waals surface area (Å²) in [6, 6.07) is 1.99. The number of likely N-dealkylation sites (tertiary alicyclic amines) is 1. The van der Waals surface area contributed by atoms with Crippen LogP contribution in [0.15, 0.2) is 52.6 Å². The minimum atomic E-state index is 0.0443. The summed E-state index contributed by atoms with van der Waals surface area (Å²) < 4.78 is 5.90. The number of amides is 1. The first-order valence-corrected chi connectivity index (χ1v) is 10.6. The zero-order chi connectivity index (χ0) is 22.5. The van der Waals surface area contributed by atoms with Gasteiger partial charge in [0.2, 0.25) is 5.91 Å². The molecular formula is C24H33N5O2. The van der Waals surface area contributed by atoms with E-state index in [2.05, 4.69) is 34.7 Å². The lowest BCUT2D eigenvalue weighted by molar-refractivity contribution is -0.133. The Bertz CT molecular complexity index is 914. The van der Waals surface area contributed by atoms with Gasteiger partial charge in [0, 0.05) is 38.9 Å². The molecule has 0 aromatic carbocycles. The maximum atomic E-state index is 12.9. The molecule has 1 amide bonds. The summed E-state index contributed by atoms with van der Waals surface area (Å²) in [6.07, 6.45) is 15.5. The van der Waals surface area contributed by atoms with Gasteiger partial charge >= 0.3 is 0 Å². The highest BCUT2D eigenvalue weighted by Gasteiger charge is 2.25. The Morgan fingerprint density at radius 2 is 2.16 bits per heavy atom. The summed E-state index contributed by atoms with van der Waals surface area (Å²) >= 11 is 0. The van der Waals surface area contributed by atoms with E-state index < -0.39 is 0 Å². The van der Waals surface area contributed by atoms with Gasteiger partial charge in [-0.3, -0.25) is 9.78 Å². The monoisotopic (exact) mass is 423 g/mol. The molecule has 0 spiro atoms. The molecule has 0 saturated carbocycles. The second kappa shape index (κ2) is 13.3. The van der Waals surface area contributed by atoms with E-state index in [1.54, 1.807) is 6.20 Å². The number of aromatic nitrogens is 1. The third-order valence-corrected chi connectivity index (χ3v) is 5.18. The molecule has 0 bridgehead atoms. The van der Waals surface area contributed by atoms with Crippen molar-refractivity contribution in [3.05, 3.63) is 52.8 Å². The summed E-state index contributed by atoms with van der Waals surface area (Å²) in [7, 11) is 0. The van der Waals surface area contributed by atoms with Crippen molar-refractivity contribution in [1.82, 2.24) is 15.0 Å². The van der Waals surface area contributed by atoms with E-state index in [0.717, 1.165) is 29.8 Å². The number of rotatable bonds is 10. The van der Waals surface area contributed by atoms with Crippen LogP contribution < -0.4 is 10.4 Å². The highest BCUT2D eigenvalue weighted by Crippen LogP contribution is 2.20. The smallest absolute Gasteiger partial charge is 0.228 e. The summed E-state index contributed by atoms with van der Waals surface area (Å²) in [4.78, 5) is 19.0. The molecule has 1 atom stereocenters. The summed E-state index contributed by atoms with van der Waals surface area (Å²) in [5.74, 6) is 0.370. The molecule has 1 saturated heterocycles. The quantitative estimate of drug-likeness (QED) is 0.251. The van der Waals surface area contributed by atoms with Crippen molar-refractivity contribution in [2.45, 2.75) is 33.1 Å². The van der Waals surface area contributed by atoms with Crippen LogP contribution in [0, 0.1) is 5.92 Å². The van der Waals surface area contributed by atoms with Crippen molar-refractivity contribution in [2.24, 2.45) is 16.1 Å². The van der Waals surface area contributed by atoms with Crippen LogP contribution in [-0.2, 0) is 9.53 Å². The minimum Gasteiger partial charge on any atom is -0.377 e. The van der Waals surface area contributed by atoms with Gasteiger partial charge in [0.05, 0.1) is 25.3 Å². The lowest BCUT2D eigenvalue weighted by atomic mass is 9.98. The number of carbonyl (C=O) groups excluding carboxylic acids is 1. The van der Waals surface area contributed by atoms with Gasteiger partial charge in [-0.2, -0.15) is 15.3 Å². The van der Waals surface area contributed by atoms with E-state index >= 15 is 0 Å². The number of hydrogen-bond donors (Lipinski definition) is 0. The number of ether oxygens (including phenoxy) is 1. The van der Waals surface area contributed by atoms with Gasteiger partial charge in [-0.25, -0.2) is 0 Å². The number of allylic oxidation sites excluding steroid dienone is 3. The van der Waals surface area contributed by atoms with Crippen LogP contribution in [0.3, 0.4) is 0 Å². The van der Waals surface area contributed by atoms with Crippen LogP contribution in [0.25, 0.3) is 12.2 Å². The first kappa shape index (κ1) is 24.2. The molecule has 1 aliphatic heterocycles. The highest BCUT2D eigenvalue weighted by atomic mass is 16.5. The maximum absolute atomic E-state index is 12.9. The fourth-order valence-corrected chi connectivity index (χ4v) is 3.56. The predicted octanol–water partition coefficient (Wildman–Crippen LogP) is 2.30. The van der Waals surface area contributed by atoms with Gasteiger partial charge < -0.3 is 9.64 Å². The molecule has 7 nitrogen and oxygen atoms in total. The summed E-state index contributed by atoms with van der Waals surface area (Å²) in [5.41, 5.74) is 0.640. The Labute approximate surface area is 184 Å². The normalized spacial score (nSPS) is 18.5. The molecule has 0 aliphatic carbocycles. The number of piperidine rings is 1. The second-order valence-electron chi connectivity index (χ2n) is 7.32. The molecule has 2 rings (SSSR count). The van der Waals surface area contributed by atoms with Crippen LogP contribution in [0.1, 0.15) is 33.1 Å². The van der Waals surface area contributed by atoms with Crippen molar-refractivity contribution in [3.8, 4) is 0 Å². The van der Waals surface area contributed by atoms with Crippen molar-refractivity contribution < 1.29 is 9.53 Å². The standard InChI is InChI=1S/C24H33N5O2/c1-5-7-10-23(29(25-3)26-4)16-24(30)28-14-8-9-20(18-28)19-31-15-12-22-17-27-13-11-21(22)6-2/h5-7,10-13,17,20H,3-4,8-9,14-16,18-19H2,1-2H3/b7-5-,21-6-,22-12-,23-10+. The number of carbonyl (C=O) groups is 1. The van der Waals surface area contributed by atoms with Crippen molar-refractivity contribution in [2.75, 3.05) is 26.3 Å². The molecule has 7 heteroatoms. The number of hydrazone groups is 2. The van der Waals surface area contributed by atoms with E-state index in [9.17, 15) is 4.79 Å². The van der Waals surface area contributed by atoms with Crippen LogP contribution in [0.5, 0.6) is 0 Å². The van der Waals surface area contributed by atoms with Crippen LogP contribution >= 0.6 is 0 Å². The van der Waals surface area contributed by atoms with Gasteiger partial charge in [0.1, 0.15) is 0 Å². The topological polar surface area (TPSA) is 70.4 Å². The van der Waals surface area contributed by atoms with E-state index in [1.165, 1.54) is 5.12 Å². The molecule has 1 aromatic heterocycles. The Morgan fingerprint density at radius 3 is 2.87 bits per heavy atom. The number of hydrogen-bond acceptors (Lipinski definition) is 6. The van der Waals surface area contributed by atoms with Crippen LogP contribution in [0.4, 0.5) is 0 Å². The first-order valence-electron chi connectivity index (χ1n) is 10.6. The molecular weight excluding hydrogens is 390 g/mol. The fourth-order valence-electron chi connectivity index (χ4n) is 3.56. The summed E-state index contributed by atoms with van der Waals surface area (Å²) in [6.45, 7) is 13.5. The molecule has 1 aromatic rings. The molecule has 2 heterocycles. The van der Waals surface area contributed by atoms with Crippen molar-refractivity contribution in [1.29, 1.82) is 0 Å². The molecule has 0 radical (unpaired) electrons. The van der Waals surface area contributed by atoms with E-state index in [0.29, 0.717) is 31.4 Å². The van der Waals surface area contributed by atoms with Gasteiger partial charge in [0.25, 0.3) is 0 Å². The Morgan fingerprint density at radius 1 is 1.35 bits per heavy atom. The Kier molecular flexibility index (Phi) is 10.4. The van der Waals surface area contributed by atoms with Gasteiger partial charge in [-0.05, 0) is 61.3 Å². The molecule has 166 valence electrons. The second-order valence-corrected chi connectivity index (χ2v) is 7.32. The van der Waals surface area contributed by atoms with E-state index in [1.807, 2.05) is 55.3 Å². The predicted molar refractivity (Wildman–Crippen MR) is 127 cm³/mol. The average Bonchev–Trinajstić information content (AvgIpc) is 2.81. The van der Waals surface area contributed by atoms with Crippen LogP contribution in [0.2, 0.25) is 0 Å².